The van der Waals surface area contributed by atoms with Gasteiger partial charge in [-0.1, -0.05) is 67.1 Å². The van der Waals surface area contributed by atoms with E-state index in [1.54, 1.807) is 13.0 Å². The van der Waals surface area contributed by atoms with Gasteiger partial charge in [-0.3, -0.25) is 14.6 Å². The van der Waals surface area contributed by atoms with Crippen LogP contribution in [0.1, 0.15) is 69.7 Å². The number of aryl methyl sites for hydroxylation is 1. The Balaban J connectivity index is 1.51. The van der Waals surface area contributed by atoms with E-state index in [9.17, 15) is 19.8 Å². The maximum Gasteiger partial charge on any atom is 0.309 e. The maximum atomic E-state index is 13.2. The van der Waals surface area contributed by atoms with Gasteiger partial charge in [0.05, 0.1) is 24.3 Å². The quantitative estimate of drug-likeness (QED) is 0.239. The summed E-state index contributed by atoms with van der Waals surface area (Å²) in [5.41, 5.74) is 6.20. The first-order valence-corrected chi connectivity index (χ1v) is 14.9. The molecule has 0 unspecified atom stereocenters. The Labute approximate surface area is 249 Å². The smallest absolute Gasteiger partial charge is 0.309 e. The third-order valence-electron chi connectivity index (χ3n) is 8.45. The molecule has 0 saturated carbocycles. The molecule has 2 aromatic rings. The Hall–Kier alpha value is -3.61. The average molecular weight is 570 g/mol. The molecule has 0 radical (unpaired) electrons. The van der Waals surface area contributed by atoms with Crippen LogP contribution >= 0.6 is 0 Å². The highest BCUT2D eigenvalue weighted by Crippen LogP contribution is 2.40. The van der Waals surface area contributed by atoms with Crippen LogP contribution in [0.2, 0.25) is 0 Å². The number of nitrogens with zero attached hydrogens (tertiary/aromatic N) is 1. The van der Waals surface area contributed by atoms with Crippen LogP contribution in [0.25, 0.3) is 11.6 Å². The highest BCUT2D eigenvalue weighted by Gasteiger charge is 2.39. The summed E-state index contributed by atoms with van der Waals surface area (Å²) in [6.07, 6.45) is 7.61. The van der Waals surface area contributed by atoms with Crippen molar-refractivity contribution in [3.8, 4) is 0 Å². The zero-order chi connectivity index (χ0) is 30.4. The molecule has 1 aromatic carbocycles. The van der Waals surface area contributed by atoms with Crippen molar-refractivity contribution in [2.75, 3.05) is 0 Å². The number of aromatic nitrogens is 1. The maximum absolute atomic E-state index is 13.2. The van der Waals surface area contributed by atoms with Crippen LogP contribution in [-0.4, -0.2) is 45.3 Å². The normalized spacial score (nSPS) is 25.0. The second kappa shape index (κ2) is 14.0. The molecule has 1 heterocycles. The van der Waals surface area contributed by atoms with Crippen LogP contribution in [0.5, 0.6) is 0 Å². The first-order chi connectivity index (χ1) is 20.0. The van der Waals surface area contributed by atoms with Crippen molar-refractivity contribution in [1.82, 2.24) is 4.98 Å². The molecule has 222 valence electrons. The molecule has 4 rings (SSSR count). The van der Waals surface area contributed by atoms with Gasteiger partial charge in [0.1, 0.15) is 6.10 Å². The lowest BCUT2D eigenvalue weighted by atomic mass is 9.76. The summed E-state index contributed by atoms with van der Waals surface area (Å²) in [6.45, 7) is 11.5. The fraction of sp³-hybridized carbons (Fsp3) is 0.417. The van der Waals surface area contributed by atoms with Crippen molar-refractivity contribution in [1.29, 1.82) is 0 Å². The SMILES string of the molecule is C=C(C)CCC[C@@H]1C=C([C@@H](O)CC(=O)O[C@@H]2C(C)=C(c3ccc(C)cn3)C[C@H]2/C=C/c2ccccc2)C(=O)[C@H](C)[C@H]1O. The number of ketones is 1. The number of hydrogen-bond acceptors (Lipinski definition) is 6. The van der Waals surface area contributed by atoms with Crippen LogP contribution in [0.15, 0.2) is 84.1 Å². The lowest BCUT2D eigenvalue weighted by molar-refractivity contribution is -0.150. The summed E-state index contributed by atoms with van der Waals surface area (Å²) < 4.78 is 6.03. The number of allylic oxidation sites excluding steroid dienone is 2. The van der Waals surface area contributed by atoms with E-state index in [4.69, 9.17) is 4.74 Å². The van der Waals surface area contributed by atoms with Crippen LogP contribution in [0.3, 0.4) is 0 Å². The Morgan fingerprint density at radius 1 is 1.19 bits per heavy atom. The number of aliphatic hydroxyl groups is 2. The second-order valence-electron chi connectivity index (χ2n) is 11.9. The monoisotopic (exact) mass is 569 g/mol. The summed E-state index contributed by atoms with van der Waals surface area (Å²) in [4.78, 5) is 30.9. The van der Waals surface area contributed by atoms with Crippen LogP contribution in [-0.2, 0) is 14.3 Å². The number of benzene rings is 1. The van der Waals surface area contributed by atoms with Gasteiger partial charge in [-0.25, -0.2) is 0 Å². The molecule has 2 aliphatic carbocycles. The minimum absolute atomic E-state index is 0.104. The topological polar surface area (TPSA) is 96.7 Å². The molecular weight excluding hydrogens is 526 g/mol. The van der Waals surface area contributed by atoms with Gasteiger partial charge in [0.15, 0.2) is 5.78 Å². The van der Waals surface area contributed by atoms with Crippen LogP contribution in [0.4, 0.5) is 0 Å². The molecular formula is C36H43NO5. The number of pyridine rings is 1. The molecule has 42 heavy (non-hydrogen) atoms. The van der Waals surface area contributed by atoms with E-state index < -0.39 is 30.2 Å². The third-order valence-corrected chi connectivity index (χ3v) is 8.45. The van der Waals surface area contributed by atoms with Gasteiger partial charge in [-0.05, 0) is 74.8 Å². The number of ether oxygens (including phenoxy) is 1. The summed E-state index contributed by atoms with van der Waals surface area (Å²) in [5, 5.41) is 21.7. The van der Waals surface area contributed by atoms with Gasteiger partial charge in [-0.2, -0.15) is 0 Å². The number of Topliss-reactive ketones (excluding diaryl/α,β-unsaturated/α-hetero) is 1. The number of aliphatic hydroxyl groups excluding tert-OH is 2. The number of carbonyl (C=O) groups excluding carboxylic acids is 2. The largest absolute Gasteiger partial charge is 0.457 e. The van der Waals surface area contributed by atoms with E-state index in [1.807, 2.05) is 75.5 Å². The van der Waals surface area contributed by atoms with E-state index in [0.29, 0.717) is 12.8 Å². The molecule has 0 aliphatic heterocycles. The highest BCUT2D eigenvalue weighted by atomic mass is 16.5. The molecule has 0 bridgehead atoms. The minimum atomic E-state index is -1.30. The third kappa shape index (κ3) is 7.61. The molecule has 2 aliphatic rings. The Morgan fingerprint density at radius 3 is 2.60 bits per heavy atom. The molecule has 2 N–H and O–H groups in total. The van der Waals surface area contributed by atoms with Gasteiger partial charge in [-0.15, -0.1) is 6.58 Å². The van der Waals surface area contributed by atoms with Gasteiger partial charge >= 0.3 is 5.97 Å². The molecule has 1 aromatic heterocycles. The zero-order valence-corrected chi connectivity index (χ0v) is 25.1. The lowest BCUT2D eigenvalue weighted by Crippen LogP contribution is -2.40. The predicted octanol–water partition coefficient (Wildman–Crippen LogP) is 6.43. The molecule has 0 spiro atoms. The highest BCUT2D eigenvalue weighted by molar-refractivity contribution is 5.99. The van der Waals surface area contributed by atoms with Gasteiger partial charge in [0, 0.05) is 29.5 Å². The molecule has 6 atom stereocenters. The van der Waals surface area contributed by atoms with Crippen molar-refractivity contribution < 1.29 is 24.5 Å². The van der Waals surface area contributed by atoms with E-state index in [0.717, 1.165) is 46.4 Å². The summed E-state index contributed by atoms with van der Waals surface area (Å²) in [6, 6.07) is 14.0. The van der Waals surface area contributed by atoms with Crippen molar-refractivity contribution in [3.05, 3.63) is 101 Å². The van der Waals surface area contributed by atoms with Gasteiger partial charge in [0.2, 0.25) is 0 Å². The van der Waals surface area contributed by atoms with Crippen molar-refractivity contribution in [3.63, 3.8) is 0 Å². The number of carbonyl (C=O) groups is 2. The number of hydrogen-bond donors (Lipinski definition) is 2. The Kier molecular flexibility index (Phi) is 10.5. The van der Waals surface area contributed by atoms with Crippen molar-refractivity contribution in [2.45, 2.75) is 78.1 Å². The first-order valence-electron chi connectivity index (χ1n) is 14.9. The van der Waals surface area contributed by atoms with E-state index >= 15 is 0 Å². The molecule has 0 saturated heterocycles. The second-order valence-corrected chi connectivity index (χ2v) is 11.9. The Morgan fingerprint density at radius 2 is 1.93 bits per heavy atom. The van der Waals surface area contributed by atoms with E-state index in [-0.39, 0.29) is 29.6 Å². The standard InChI is InChI=1S/C36H43NO5/c1-22(2)10-9-13-27-18-30(35(41)25(5)34(27)40)32(38)20-33(39)42-36-24(4)29(31-17-14-23(3)21-37-31)19-28(36)16-15-26-11-7-6-8-12-26/h6-8,11-12,14-18,21,25,27-28,32,34,36,38,40H,1,9-10,13,19-20H2,2-5H3/b16-15+/t25-,27-,28-,32+,34-,36-/m1/s1. The zero-order valence-electron chi connectivity index (χ0n) is 25.1. The summed E-state index contributed by atoms with van der Waals surface area (Å²) in [5.74, 6) is -1.92. The first kappa shape index (κ1) is 31.3. The average Bonchev–Trinajstić information content (AvgIpc) is 3.27. The van der Waals surface area contributed by atoms with Crippen LogP contribution < -0.4 is 0 Å². The van der Waals surface area contributed by atoms with E-state index in [2.05, 4.69) is 17.6 Å². The Bertz CT molecular complexity index is 1370. The summed E-state index contributed by atoms with van der Waals surface area (Å²) >= 11 is 0. The lowest BCUT2D eigenvalue weighted by Gasteiger charge is -2.32. The van der Waals surface area contributed by atoms with Crippen LogP contribution in [0, 0.1) is 24.7 Å². The van der Waals surface area contributed by atoms with Crippen molar-refractivity contribution >= 4 is 23.4 Å². The fourth-order valence-corrected chi connectivity index (χ4v) is 5.92. The molecule has 0 fully saturated rings. The van der Waals surface area contributed by atoms with E-state index in [1.165, 1.54) is 0 Å². The molecule has 0 amide bonds. The van der Waals surface area contributed by atoms with Crippen molar-refractivity contribution in [2.24, 2.45) is 17.8 Å². The minimum Gasteiger partial charge on any atom is -0.457 e. The van der Waals surface area contributed by atoms with Gasteiger partial charge < -0.3 is 14.9 Å². The summed E-state index contributed by atoms with van der Waals surface area (Å²) in [7, 11) is 0. The molecule has 6 nitrogen and oxygen atoms in total. The number of rotatable bonds is 11. The number of esters is 1. The predicted molar refractivity (Wildman–Crippen MR) is 166 cm³/mol. The van der Waals surface area contributed by atoms with Gasteiger partial charge in [0.25, 0.3) is 0 Å². The fourth-order valence-electron chi connectivity index (χ4n) is 5.92. The molecule has 6 heteroatoms.